The summed E-state index contributed by atoms with van der Waals surface area (Å²) in [7, 11) is 1.65. The van der Waals surface area contributed by atoms with Crippen LogP contribution in [0, 0.1) is 0 Å². The Balaban J connectivity index is 2.00. The van der Waals surface area contributed by atoms with E-state index in [0.29, 0.717) is 13.2 Å². The molecule has 3 nitrogen and oxygen atoms in total. The summed E-state index contributed by atoms with van der Waals surface area (Å²) >= 11 is 3.51. The van der Waals surface area contributed by atoms with E-state index in [1.54, 1.807) is 7.11 Å². The highest BCUT2D eigenvalue weighted by atomic mass is 79.9. The molecule has 2 aromatic rings. The lowest BCUT2D eigenvalue weighted by molar-refractivity contribution is -0.00883. The van der Waals surface area contributed by atoms with Crippen LogP contribution in [-0.2, 0) is 15.9 Å². The zero-order chi connectivity index (χ0) is 14.9. The van der Waals surface area contributed by atoms with Crippen LogP contribution in [0.5, 0.6) is 5.75 Å². The van der Waals surface area contributed by atoms with Crippen LogP contribution in [0.3, 0.4) is 0 Å². The molecule has 0 N–H and O–H groups in total. The second-order valence-electron chi connectivity index (χ2n) is 4.58. The molecule has 0 radical (unpaired) electrons. The largest absolute Gasteiger partial charge is 0.467 e. The first-order chi connectivity index (χ1) is 10.3. The van der Waals surface area contributed by atoms with Crippen molar-refractivity contribution < 1.29 is 14.2 Å². The summed E-state index contributed by atoms with van der Waals surface area (Å²) in [6.45, 7) is 1.33. The molecule has 21 heavy (non-hydrogen) atoms. The molecule has 0 aliphatic heterocycles. The van der Waals surface area contributed by atoms with Crippen molar-refractivity contribution in [3.63, 3.8) is 0 Å². The number of methoxy groups -OCH3 is 1. The Bertz CT molecular complexity index is 543. The summed E-state index contributed by atoms with van der Waals surface area (Å²) in [6.07, 6.45) is 0.827. The Kier molecular flexibility index (Phi) is 6.73. The Morgan fingerprint density at radius 3 is 2.57 bits per heavy atom. The summed E-state index contributed by atoms with van der Waals surface area (Å²) in [5, 5.41) is 0. The van der Waals surface area contributed by atoms with Crippen LogP contribution in [0.4, 0.5) is 0 Å². The fourth-order valence-corrected chi connectivity index (χ4v) is 2.36. The third kappa shape index (κ3) is 5.50. The van der Waals surface area contributed by atoms with E-state index >= 15 is 0 Å². The molecule has 0 aliphatic rings. The van der Waals surface area contributed by atoms with Crippen molar-refractivity contribution in [2.24, 2.45) is 0 Å². The molecular weight excluding hydrogens is 332 g/mol. The van der Waals surface area contributed by atoms with E-state index in [-0.39, 0.29) is 6.79 Å². The van der Waals surface area contributed by atoms with E-state index in [0.717, 1.165) is 22.2 Å². The summed E-state index contributed by atoms with van der Waals surface area (Å²) < 4.78 is 17.0. The van der Waals surface area contributed by atoms with Gasteiger partial charge < -0.3 is 14.2 Å². The van der Waals surface area contributed by atoms with Gasteiger partial charge >= 0.3 is 0 Å². The Hall–Kier alpha value is -1.36. The minimum atomic E-state index is 0.229. The van der Waals surface area contributed by atoms with Gasteiger partial charge in [0.1, 0.15) is 5.75 Å². The molecule has 4 heteroatoms. The van der Waals surface area contributed by atoms with Crippen LogP contribution in [0.15, 0.2) is 53.0 Å². The van der Waals surface area contributed by atoms with Gasteiger partial charge in [-0.3, -0.25) is 0 Å². The molecule has 0 unspecified atom stereocenters. The highest BCUT2D eigenvalue weighted by Gasteiger charge is 2.06. The van der Waals surface area contributed by atoms with Crippen molar-refractivity contribution in [1.29, 1.82) is 0 Å². The van der Waals surface area contributed by atoms with Gasteiger partial charge in [-0.15, -0.1) is 0 Å². The number of benzene rings is 2. The lowest BCUT2D eigenvalue weighted by Crippen LogP contribution is -2.08. The van der Waals surface area contributed by atoms with Gasteiger partial charge in [-0.1, -0.05) is 46.3 Å². The number of ether oxygens (including phenoxy) is 3. The molecule has 0 amide bonds. The summed E-state index contributed by atoms with van der Waals surface area (Å²) in [5.41, 5.74) is 2.38. The topological polar surface area (TPSA) is 27.7 Å². The molecule has 112 valence electrons. The summed E-state index contributed by atoms with van der Waals surface area (Å²) in [6, 6.07) is 16.3. The Morgan fingerprint density at radius 2 is 1.81 bits per heavy atom. The van der Waals surface area contributed by atoms with Crippen LogP contribution in [0.1, 0.15) is 11.1 Å². The van der Waals surface area contributed by atoms with Crippen molar-refractivity contribution >= 4 is 15.9 Å². The molecule has 0 aromatic heterocycles. The quantitative estimate of drug-likeness (QED) is 0.531. The molecule has 2 aromatic carbocycles. The maximum atomic E-state index is 5.71. The van der Waals surface area contributed by atoms with Crippen molar-refractivity contribution in [3.05, 3.63) is 64.1 Å². The van der Waals surface area contributed by atoms with E-state index in [2.05, 4.69) is 34.1 Å². The molecular formula is C17H19BrO3. The van der Waals surface area contributed by atoms with E-state index in [4.69, 9.17) is 14.2 Å². The molecule has 0 saturated carbocycles. The van der Waals surface area contributed by atoms with Gasteiger partial charge in [0, 0.05) is 18.0 Å². The summed E-state index contributed by atoms with van der Waals surface area (Å²) in [4.78, 5) is 0. The van der Waals surface area contributed by atoms with Gasteiger partial charge in [0.15, 0.2) is 6.79 Å². The van der Waals surface area contributed by atoms with Crippen LogP contribution in [0.25, 0.3) is 0 Å². The summed E-state index contributed by atoms with van der Waals surface area (Å²) in [5.74, 6) is 0.847. The lowest BCUT2D eigenvalue weighted by atomic mass is 10.0. The highest BCUT2D eigenvalue weighted by Crippen LogP contribution is 2.25. The van der Waals surface area contributed by atoms with E-state index in [9.17, 15) is 0 Å². The predicted molar refractivity (Wildman–Crippen MR) is 86.7 cm³/mol. The zero-order valence-electron chi connectivity index (χ0n) is 12.0. The zero-order valence-corrected chi connectivity index (χ0v) is 13.6. The van der Waals surface area contributed by atoms with Crippen molar-refractivity contribution in [2.75, 3.05) is 27.1 Å². The standard InChI is InChI=1S/C17H19BrO3/c1-19-9-10-20-13-21-17-8-7-16(18)12-15(17)11-14-5-3-2-4-6-14/h2-8,12H,9-11,13H2,1H3. The number of hydrogen-bond acceptors (Lipinski definition) is 3. The molecule has 0 fully saturated rings. The first-order valence-electron chi connectivity index (χ1n) is 6.81. The lowest BCUT2D eigenvalue weighted by Gasteiger charge is -2.12. The monoisotopic (exact) mass is 350 g/mol. The van der Waals surface area contributed by atoms with Crippen molar-refractivity contribution in [3.8, 4) is 5.75 Å². The third-order valence-corrected chi connectivity index (χ3v) is 3.48. The molecule has 0 spiro atoms. The maximum Gasteiger partial charge on any atom is 0.189 e. The van der Waals surface area contributed by atoms with Crippen LogP contribution < -0.4 is 4.74 Å². The average Bonchev–Trinajstić information content (AvgIpc) is 2.50. The first kappa shape index (κ1) is 16.0. The fourth-order valence-electron chi connectivity index (χ4n) is 1.95. The molecule has 0 heterocycles. The fraction of sp³-hybridized carbons (Fsp3) is 0.294. The average molecular weight is 351 g/mol. The highest BCUT2D eigenvalue weighted by molar-refractivity contribution is 9.10. The number of hydrogen-bond donors (Lipinski definition) is 0. The van der Waals surface area contributed by atoms with Crippen LogP contribution in [-0.4, -0.2) is 27.1 Å². The molecule has 0 aliphatic carbocycles. The van der Waals surface area contributed by atoms with Crippen molar-refractivity contribution in [1.82, 2.24) is 0 Å². The van der Waals surface area contributed by atoms with E-state index in [1.165, 1.54) is 5.56 Å². The van der Waals surface area contributed by atoms with Gasteiger partial charge in [-0.25, -0.2) is 0 Å². The predicted octanol–water partition coefficient (Wildman–Crippen LogP) is 4.04. The molecule has 2 rings (SSSR count). The smallest absolute Gasteiger partial charge is 0.189 e. The second kappa shape index (κ2) is 8.82. The number of halogens is 1. The van der Waals surface area contributed by atoms with Gasteiger partial charge in [0.25, 0.3) is 0 Å². The Morgan fingerprint density at radius 1 is 1.00 bits per heavy atom. The van der Waals surface area contributed by atoms with E-state index in [1.807, 2.05) is 30.3 Å². The third-order valence-electron chi connectivity index (χ3n) is 2.99. The SMILES string of the molecule is COCCOCOc1ccc(Br)cc1Cc1ccccc1. The molecule has 0 atom stereocenters. The van der Waals surface area contributed by atoms with Crippen LogP contribution in [0.2, 0.25) is 0 Å². The molecule has 0 bridgehead atoms. The van der Waals surface area contributed by atoms with Crippen molar-refractivity contribution in [2.45, 2.75) is 6.42 Å². The first-order valence-corrected chi connectivity index (χ1v) is 7.60. The minimum absolute atomic E-state index is 0.229. The molecule has 0 saturated heterocycles. The minimum Gasteiger partial charge on any atom is -0.467 e. The maximum absolute atomic E-state index is 5.71. The van der Waals surface area contributed by atoms with E-state index < -0.39 is 0 Å². The second-order valence-corrected chi connectivity index (χ2v) is 5.49. The van der Waals surface area contributed by atoms with Crippen LogP contribution >= 0.6 is 15.9 Å². The number of rotatable bonds is 8. The normalized spacial score (nSPS) is 10.6. The Labute approximate surface area is 134 Å². The van der Waals surface area contributed by atoms with Gasteiger partial charge in [0.2, 0.25) is 0 Å². The van der Waals surface area contributed by atoms with Gasteiger partial charge in [0.05, 0.1) is 13.2 Å². The van der Waals surface area contributed by atoms with Gasteiger partial charge in [-0.2, -0.15) is 0 Å². The van der Waals surface area contributed by atoms with Gasteiger partial charge in [-0.05, 0) is 29.3 Å².